The molecule has 0 aliphatic carbocycles. The minimum Gasteiger partial charge on any atom is -0.383 e. The normalized spacial score (nSPS) is 11.8. The predicted octanol–water partition coefficient (Wildman–Crippen LogP) is 4.67. The molecule has 132 valence electrons. The third-order valence-corrected chi connectivity index (χ3v) is 5.28. The molecule has 0 radical (unpaired) electrons. The lowest BCUT2D eigenvalue weighted by atomic mass is 10.1. The molecule has 1 aromatic carbocycles. The van der Waals surface area contributed by atoms with Crippen molar-refractivity contribution in [2.45, 2.75) is 6.18 Å². The monoisotopic (exact) mass is 386 g/mol. The fourth-order valence-corrected chi connectivity index (χ4v) is 4.09. The van der Waals surface area contributed by atoms with E-state index < -0.39 is 17.6 Å². The molecule has 1 amide bonds. The number of carbonyl (C=O) groups is 1. The SMILES string of the molecule is COCCN(C(=O)c1cscc1C(F)(F)F)c1nc2ccccc2s1. The Morgan fingerprint density at radius 2 is 2.04 bits per heavy atom. The summed E-state index contributed by atoms with van der Waals surface area (Å²) in [5.74, 6) is -0.732. The maximum Gasteiger partial charge on any atom is 0.417 e. The number of methoxy groups -OCH3 is 1. The minimum absolute atomic E-state index is 0.113. The van der Waals surface area contributed by atoms with Gasteiger partial charge in [-0.15, -0.1) is 0 Å². The van der Waals surface area contributed by atoms with Crippen LogP contribution in [0.15, 0.2) is 35.0 Å². The topological polar surface area (TPSA) is 42.4 Å². The summed E-state index contributed by atoms with van der Waals surface area (Å²) in [6.45, 7) is 0.301. The number of halogens is 3. The van der Waals surface area contributed by atoms with Crippen LogP contribution < -0.4 is 4.90 Å². The van der Waals surface area contributed by atoms with Gasteiger partial charge in [-0.3, -0.25) is 9.69 Å². The van der Waals surface area contributed by atoms with Crippen molar-refractivity contribution in [3.05, 3.63) is 46.2 Å². The lowest BCUT2D eigenvalue weighted by molar-refractivity contribution is -0.137. The molecule has 2 aromatic heterocycles. The van der Waals surface area contributed by atoms with E-state index in [0.29, 0.717) is 10.6 Å². The Bertz CT molecular complexity index is 856. The second kappa shape index (κ2) is 7.11. The molecular weight excluding hydrogens is 373 g/mol. The third-order valence-electron chi connectivity index (χ3n) is 3.48. The number of benzene rings is 1. The second-order valence-electron chi connectivity index (χ2n) is 5.11. The lowest BCUT2D eigenvalue weighted by Gasteiger charge is -2.20. The van der Waals surface area contributed by atoms with Gasteiger partial charge in [-0.25, -0.2) is 4.98 Å². The summed E-state index contributed by atoms with van der Waals surface area (Å²) in [4.78, 5) is 18.4. The minimum atomic E-state index is -4.58. The van der Waals surface area contributed by atoms with E-state index in [1.54, 1.807) is 6.07 Å². The van der Waals surface area contributed by atoms with Crippen LogP contribution >= 0.6 is 22.7 Å². The van der Waals surface area contributed by atoms with E-state index in [9.17, 15) is 18.0 Å². The number of aromatic nitrogens is 1. The Morgan fingerprint density at radius 1 is 1.28 bits per heavy atom. The summed E-state index contributed by atoms with van der Waals surface area (Å²) in [7, 11) is 1.47. The molecule has 4 nitrogen and oxygen atoms in total. The zero-order valence-electron chi connectivity index (χ0n) is 13.0. The molecule has 0 aliphatic rings. The van der Waals surface area contributed by atoms with Crippen molar-refractivity contribution < 1.29 is 22.7 Å². The highest BCUT2D eigenvalue weighted by molar-refractivity contribution is 7.22. The van der Waals surface area contributed by atoms with E-state index in [2.05, 4.69) is 4.98 Å². The van der Waals surface area contributed by atoms with E-state index >= 15 is 0 Å². The smallest absolute Gasteiger partial charge is 0.383 e. The van der Waals surface area contributed by atoms with Gasteiger partial charge in [0, 0.05) is 17.9 Å². The molecule has 3 rings (SSSR count). The Morgan fingerprint density at radius 3 is 2.72 bits per heavy atom. The van der Waals surface area contributed by atoms with Gasteiger partial charge in [-0.1, -0.05) is 23.5 Å². The molecule has 25 heavy (non-hydrogen) atoms. The third kappa shape index (κ3) is 3.68. The summed E-state index contributed by atoms with van der Waals surface area (Å²) < 4.78 is 45.2. The Kier molecular flexibility index (Phi) is 5.07. The van der Waals surface area contributed by atoms with Gasteiger partial charge in [-0.05, 0) is 12.1 Å². The molecule has 0 saturated heterocycles. The van der Waals surface area contributed by atoms with Crippen LogP contribution in [0.4, 0.5) is 18.3 Å². The fraction of sp³-hybridized carbons (Fsp3) is 0.250. The highest BCUT2D eigenvalue weighted by Gasteiger charge is 2.37. The number of ether oxygens (including phenoxy) is 1. The highest BCUT2D eigenvalue weighted by Crippen LogP contribution is 2.36. The van der Waals surface area contributed by atoms with Crippen LogP contribution in [-0.2, 0) is 10.9 Å². The molecular formula is C16H13F3N2O2S2. The first-order valence-electron chi connectivity index (χ1n) is 7.21. The predicted molar refractivity (Wildman–Crippen MR) is 92.5 cm³/mol. The van der Waals surface area contributed by atoms with Crippen LogP contribution in [0.1, 0.15) is 15.9 Å². The number of amides is 1. The highest BCUT2D eigenvalue weighted by atomic mass is 32.1. The van der Waals surface area contributed by atoms with E-state index in [0.717, 1.165) is 21.4 Å². The van der Waals surface area contributed by atoms with Crippen molar-refractivity contribution in [3.8, 4) is 0 Å². The van der Waals surface area contributed by atoms with Crippen LogP contribution in [0.25, 0.3) is 10.2 Å². The van der Waals surface area contributed by atoms with Crippen molar-refractivity contribution in [1.29, 1.82) is 0 Å². The number of anilines is 1. The number of fused-ring (bicyclic) bond motifs is 1. The first-order valence-corrected chi connectivity index (χ1v) is 8.97. The Labute approximate surface area is 149 Å². The van der Waals surface area contributed by atoms with Gasteiger partial charge in [0.1, 0.15) is 0 Å². The standard InChI is InChI=1S/C16H13F3N2O2S2/c1-23-7-6-21(15-20-12-4-2-3-5-13(12)25-15)14(22)10-8-24-9-11(10)16(17,18)19/h2-5,8-9H,6-7H2,1H3. The number of nitrogens with zero attached hydrogens (tertiary/aromatic N) is 2. The zero-order valence-corrected chi connectivity index (χ0v) is 14.7. The van der Waals surface area contributed by atoms with E-state index in [-0.39, 0.29) is 18.7 Å². The molecule has 0 N–H and O–H groups in total. The quantitative estimate of drug-likeness (QED) is 0.640. The van der Waals surface area contributed by atoms with Crippen LogP contribution in [0.3, 0.4) is 0 Å². The van der Waals surface area contributed by atoms with Gasteiger partial charge in [0.05, 0.1) is 34.5 Å². The zero-order chi connectivity index (χ0) is 18.0. The molecule has 0 unspecified atom stereocenters. The van der Waals surface area contributed by atoms with E-state index in [4.69, 9.17) is 4.74 Å². The number of hydrogen-bond acceptors (Lipinski definition) is 5. The van der Waals surface area contributed by atoms with E-state index in [1.165, 1.54) is 28.7 Å². The molecule has 3 aromatic rings. The van der Waals surface area contributed by atoms with Crippen LogP contribution in [-0.4, -0.2) is 31.2 Å². The summed E-state index contributed by atoms with van der Waals surface area (Å²) in [6, 6.07) is 7.29. The lowest BCUT2D eigenvalue weighted by Crippen LogP contribution is -2.34. The van der Waals surface area contributed by atoms with Crippen molar-refractivity contribution in [2.75, 3.05) is 25.2 Å². The van der Waals surface area contributed by atoms with Gasteiger partial charge in [0.15, 0.2) is 5.13 Å². The van der Waals surface area contributed by atoms with Gasteiger partial charge in [0.25, 0.3) is 5.91 Å². The molecule has 0 bridgehead atoms. The van der Waals surface area contributed by atoms with Crippen molar-refractivity contribution in [2.24, 2.45) is 0 Å². The summed E-state index contributed by atoms with van der Waals surface area (Å²) >= 11 is 2.10. The van der Waals surface area contributed by atoms with Gasteiger partial charge in [0.2, 0.25) is 0 Å². The number of hydrogen-bond donors (Lipinski definition) is 0. The van der Waals surface area contributed by atoms with Crippen LogP contribution in [0.5, 0.6) is 0 Å². The van der Waals surface area contributed by atoms with Crippen LogP contribution in [0.2, 0.25) is 0 Å². The maximum absolute atomic E-state index is 13.1. The van der Waals surface area contributed by atoms with E-state index in [1.807, 2.05) is 18.2 Å². The first kappa shape index (κ1) is 17.8. The second-order valence-corrected chi connectivity index (χ2v) is 6.86. The van der Waals surface area contributed by atoms with Gasteiger partial charge >= 0.3 is 6.18 Å². The number of alkyl halides is 3. The summed E-state index contributed by atoms with van der Waals surface area (Å²) in [5, 5.41) is 2.51. The average Bonchev–Trinajstić information content (AvgIpc) is 3.21. The summed E-state index contributed by atoms with van der Waals surface area (Å²) in [6.07, 6.45) is -4.58. The van der Waals surface area contributed by atoms with Gasteiger partial charge in [-0.2, -0.15) is 24.5 Å². The van der Waals surface area contributed by atoms with Crippen LogP contribution in [0, 0.1) is 0 Å². The number of carbonyl (C=O) groups excluding carboxylic acids is 1. The Hall–Kier alpha value is -1.97. The van der Waals surface area contributed by atoms with Crippen molar-refractivity contribution in [3.63, 3.8) is 0 Å². The van der Waals surface area contributed by atoms with Crippen molar-refractivity contribution in [1.82, 2.24) is 4.98 Å². The molecule has 0 atom stereocenters. The summed E-state index contributed by atoms with van der Waals surface area (Å²) in [5.41, 5.74) is -0.599. The van der Waals surface area contributed by atoms with Crippen molar-refractivity contribution >= 4 is 43.9 Å². The molecule has 9 heteroatoms. The number of rotatable bonds is 5. The maximum atomic E-state index is 13.1. The molecule has 0 fully saturated rings. The molecule has 2 heterocycles. The number of thiazole rings is 1. The number of thiophene rings is 1. The van der Waals surface area contributed by atoms with Gasteiger partial charge < -0.3 is 4.74 Å². The first-order chi connectivity index (χ1) is 11.9. The number of para-hydroxylation sites is 1. The average molecular weight is 386 g/mol. The molecule has 0 saturated carbocycles. The molecule has 0 aliphatic heterocycles. The largest absolute Gasteiger partial charge is 0.417 e. The molecule has 0 spiro atoms. The Balaban J connectivity index is 2.01. The fourth-order valence-electron chi connectivity index (χ4n) is 2.27.